The minimum absolute atomic E-state index is 0.235. The maximum atomic E-state index is 13.3. The number of aromatic nitrogens is 2. The topological polar surface area (TPSA) is 65.7 Å². The lowest BCUT2D eigenvalue weighted by Gasteiger charge is -2.14. The lowest BCUT2D eigenvalue weighted by Crippen LogP contribution is -2.22. The molecule has 35 heavy (non-hydrogen) atoms. The fourth-order valence-corrected chi connectivity index (χ4v) is 4.49. The summed E-state index contributed by atoms with van der Waals surface area (Å²) in [5.41, 5.74) is 2.01. The quantitative estimate of drug-likeness (QED) is 0.199. The number of rotatable bonds is 8. The highest BCUT2D eigenvalue weighted by molar-refractivity contribution is 9.10. The lowest BCUT2D eigenvalue weighted by molar-refractivity contribution is 0.284. The standard InChI is InChI=1S/C26H22Br2ClN3O3/c1-3-4-24-31-22-10-7-18(27)12-21(22)26(33)32(24)30-14-17-11-19(28)13-23(34-2)25(17)35-15-16-5-8-20(29)9-6-16/h5-14H,3-4,15H2,1-2H3. The third-order valence-corrected chi connectivity index (χ3v) is 6.43. The van der Waals surface area contributed by atoms with Gasteiger partial charge in [0.2, 0.25) is 0 Å². The van der Waals surface area contributed by atoms with Gasteiger partial charge in [-0.2, -0.15) is 9.78 Å². The van der Waals surface area contributed by atoms with Crippen LogP contribution in [0.3, 0.4) is 0 Å². The smallest absolute Gasteiger partial charge is 0.282 e. The van der Waals surface area contributed by atoms with Crippen molar-refractivity contribution in [3.63, 3.8) is 0 Å². The predicted molar refractivity (Wildman–Crippen MR) is 147 cm³/mol. The highest BCUT2D eigenvalue weighted by Crippen LogP contribution is 2.34. The molecule has 4 rings (SSSR count). The number of aryl methyl sites for hydroxylation is 1. The summed E-state index contributed by atoms with van der Waals surface area (Å²) in [5.74, 6) is 1.64. The molecule has 4 aromatic rings. The van der Waals surface area contributed by atoms with Crippen LogP contribution >= 0.6 is 43.5 Å². The Balaban J connectivity index is 1.77. The van der Waals surface area contributed by atoms with Gasteiger partial charge < -0.3 is 9.47 Å². The zero-order valence-corrected chi connectivity index (χ0v) is 23.0. The minimum atomic E-state index is -0.235. The number of nitrogens with zero attached hydrogens (tertiary/aromatic N) is 3. The molecule has 180 valence electrons. The minimum Gasteiger partial charge on any atom is -0.493 e. The van der Waals surface area contributed by atoms with Crippen LogP contribution in [0.1, 0.15) is 30.3 Å². The molecule has 0 saturated heterocycles. The summed E-state index contributed by atoms with van der Waals surface area (Å²) in [6.07, 6.45) is 3.03. The van der Waals surface area contributed by atoms with E-state index in [2.05, 4.69) is 41.9 Å². The van der Waals surface area contributed by atoms with Crippen LogP contribution in [0.25, 0.3) is 10.9 Å². The van der Waals surface area contributed by atoms with Crippen LogP contribution in [0.5, 0.6) is 11.5 Å². The normalized spacial score (nSPS) is 11.3. The van der Waals surface area contributed by atoms with Gasteiger partial charge >= 0.3 is 0 Å². The first-order valence-corrected chi connectivity index (χ1v) is 12.9. The number of hydrogen-bond donors (Lipinski definition) is 0. The van der Waals surface area contributed by atoms with Crippen molar-refractivity contribution in [1.82, 2.24) is 9.66 Å². The van der Waals surface area contributed by atoms with Gasteiger partial charge in [-0.05, 0) is 54.4 Å². The number of methoxy groups -OCH3 is 1. The van der Waals surface area contributed by atoms with Gasteiger partial charge in [-0.1, -0.05) is 62.5 Å². The molecule has 0 spiro atoms. The molecule has 1 heterocycles. The SMILES string of the molecule is CCCc1nc2ccc(Br)cc2c(=O)n1N=Cc1cc(Br)cc(OC)c1OCc1ccc(Cl)cc1. The predicted octanol–water partition coefficient (Wildman–Crippen LogP) is 7.00. The molecule has 0 radical (unpaired) electrons. The fraction of sp³-hybridized carbons (Fsp3) is 0.192. The van der Waals surface area contributed by atoms with Crippen LogP contribution in [0.2, 0.25) is 5.02 Å². The summed E-state index contributed by atoms with van der Waals surface area (Å²) in [5, 5.41) is 5.69. The van der Waals surface area contributed by atoms with E-state index in [1.165, 1.54) is 4.68 Å². The van der Waals surface area contributed by atoms with Crippen molar-refractivity contribution in [3.05, 3.63) is 95.9 Å². The van der Waals surface area contributed by atoms with E-state index in [0.717, 1.165) is 20.9 Å². The first kappa shape index (κ1) is 25.4. The van der Waals surface area contributed by atoms with Gasteiger partial charge in [-0.3, -0.25) is 4.79 Å². The third-order valence-electron chi connectivity index (χ3n) is 5.23. The second-order valence-electron chi connectivity index (χ2n) is 7.74. The highest BCUT2D eigenvalue weighted by atomic mass is 79.9. The molecule has 9 heteroatoms. The van der Waals surface area contributed by atoms with E-state index >= 15 is 0 Å². The van der Waals surface area contributed by atoms with E-state index in [4.69, 9.17) is 21.1 Å². The van der Waals surface area contributed by atoms with Gasteiger partial charge in [0.25, 0.3) is 5.56 Å². The van der Waals surface area contributed by atoms with Crippen LogP contribution in [0, 0.1) is 0 Å². The Hall–Kier alpha value is -2.68. The summed E-state index contributed by atoms with van der Waals surface area (Å²) < 4.78 is 14.6. The van der Waals surface area contributed by atoms with Gasteiger partial charge in [-0.25, -0.2) is 4.98 Å². The Morgan fingerprint density at radius 2 is 1.86 bits per heavy atom. The zero-order chi connectivity index (χ0) is 24.9. The molecule has 0 atom stereocenters. The Morgan fingerprint density at radius 3 is 2.57 bits per heavy atom. The molecule has 1 aromatic heterocycles. The van der Waals surface area contributed by atoms with Gasteiger partial charge in [0.05, 0.1) is 24.2 Å². The number of halogens is 3. The largest absolute Gasteiger partial charge is 0.493 e. The molecule has 0 saturated carbocycles. The second-order valence-corrected chi connectivity index (χ2v) is 10.0. The van der Waals surface area contributed by atoms with Crippen molar-refractivity contribution in [2.45, 2.75) is 26.4 Å². The maximum absolute atomic E-state index is 13.3. The van der Waals surface area contributed by atoms with E-state index in [9.17, 15) is 4.79 Å². The third kappa shape index (κ3) is 5.94. The van der Waals surface area contributed by atoms with Crippen molar-refractivity contribution >= 4 is 60.6 Å². The Labute approximate surface area is 224 Å². The van der Waals surface area contributed by atoms with Crippen LogP contribution < -0.4 is 15.0 Å². The van der Waals surface area contributed by atoms with Crippen LogP contribution in [0.4, 0.5) is 0 Å². The molecule has 0 N–H and O–H groups in total. The van der Waals surface area contributed by atoms with Crippen LogP contribution in [-0.4, -0.2) is 23.0 Å². The average Bonchev–Trinajstić information content (AvgIpc) is 2.84. The summed E-state index contributed by atoms with van der Waals surface area (Å²) in [6.45, 7) is 2.34. The van der Waals surface area contributed by atoms with Gasteiger partial charge in [0.1, 0.15) is 12.4 Å². The Morgan fingerprint density at radius 1 is 1.09 bits per heavy atom. The van der Waals surface area contributed by atoms with Crippen LogP contribution in [-0.2, 0) is 13.0 Å². The van der Waals surface area contributed by atoms with Crippen molar-refractivity contribution in [2.75, 3.05) is 7.11 Å². The lowest BCUT2D eigenvalue weighted by atomic mass is 10.2. The molecular weight excluding hydrogens is 598 g/mol. The molecule has 0 aliphatic rings. The molecule has 3 aromatic carbocycles. The molecule has 0 amide bonds. The van der Waals surface area contributed by atoms with Crippen molar-refractivity contribution in [3.8, 4) is 11.5 Å². The maximum Gasteiger partial charge on any atom is 0.282 e. The molecule has 0 aliphatic carbocycles. The zero-order valence-electron chi connectivity index (χ0n) is 19.1. The average molecular weight is 620 g/mol. The molecule has 0 unspecified atom stereocenters. The fourth-order valence-electron chi connectivity index (χ4n) is 3.55. The van der Waals surface area contributed by atoms with Gasteiger partial charge in [0, 0.05) is 26.0 Å². The molecule has 0 aliphatic heterocycles. The van der Waals surface area contributed by atoms with Crippen molar-refractivity contribution in [2.24, 2.45) is 5.10 Å². The number of benzene rings is 3. The monoisotopic (exact) mass is 617 g/mol. The van der Waals surface area contributed by atoms with Gasteiger partial charge in [-0.15, -0.1) is 0 Å². The molecule has 6 nitrogen and oxygen atoms in total. The Kier molecular flexibility index (Phi) is 8.26. The van der Waals surface area contributed by atoms with Crippen molar-refractivity contribution in [1.29, 1.82) is 0 Å². The highest BCUT2D eigenvalue weighted by Gasteiger charge is 2.14. The van der Waals surface area contributed by atoms with E-state index in [1.807, 2.05) is 55.5 Å². The molecule has 0 bridgehead atoms. The van der Waals surface area contributed by atoms with Crippen molar-refractivity contribution < 1.29 is 9.47 Å². The van der Waals surface area contributed by atoms with E-state index < -0.39 is 0 Å². The molecule has 0 fully saturated rings. The number of hydrogen-bond acceptors (Lipinski definition) is 5. The summed E-state index contributed by atoms with van der Waals surface area (Å²) >= 11 is 12.9. The summed E-state index contributed by atoms with van der Waals surface area (Å²) in [7, 11) is 1.58. The summed E-state index contributed by atoms with van der Waals surface area (Å²) in [4.78, 5) is 18.0. The second kappa shape index (κ2) is 11.4. The van der Waals surface area contributed by atoms with Gasteiger partial charge in [0.15, 0.2) is 11.5 Å². The first-order chi connectivity index (χ1) is 16.9. The molecular formula is C26H22Br2ClN3O3. The number of fused-ring (bicyclic) bond motifs is 1. The summed E-state index contributed by atoms with van der Waals surface area (Å²) in [6, 6.07) is 16.6. The van der Waals surface area contributed by atoms with Crippen LogP contribution in [0.15, 0.2) is 73.4 Å². The van der Waals surface area contributed by atoms with E-state index in [0.29, 0.717) is 51.8 Å². The number of ether oxygens (including phenoxy) is 2. The Bertz CT molecular complexity index is 1450. The first-order valence-electron chi connectivity index (χ1n) is 10.9. The van der Waals surface area contributed by atoms with E-state index in [1.54, 1.807) is 19.4 Å². The van der Waals surface area contributed by atoms with E-state index in [-0.39, 0.29) is 5.56 Å².